The van der Waals surface area contributed by atoms with Crippen LogP contribution in [0, 0.1) is 0 Å². The third-order valence-electron chi connectivity index (χ3n) is 1.34. The Kier molecular flexibility index (Phi) is 2.17. The van der Waals surface area contributed by atoms with Crippen LogP contribution in [0.1, 0.15) is 0 Å². The van der Waals surface area contributed by atoms with Gasteiger partial charge in [-0.05, 0) is 17.7 Å². The highest BCUT2D eigenvalue weighted by atomic mass is 32.2. The van der Waals surface area contributed by atoms with Crippen LogP contribution in [0.15, 0.2) is 22.5 Å². The fraction of sp³-hybridized carbons (Fsp3) is 0.286. The number of hydrogen-bond donors (Lipinski definition) is 1. The van der Waals surface area contributed by atoms with Crippen LogP contribution >= 0.6 is 10.9 Å². The zero-order valence-corrected chi connectivity index (χ0v) is 6.89. The SMILES string of the molecule is COC(=O)C1=CC=C[SH]1C. The van der Waals surface area contributed by atoms with Crippen molar-refractivity contribution < 1.29 is 9.53 Å². The molecule has 1 aliphatic heterocycles. The lowest BCUT2D eigenvalue weighted by molar-refractivity contribution is -0.135. The molecule has 0 aromatic carbocycles. The fourth-order valence-corrected chi connectivity index (χ4v) is 1.98. The third kappa shape index (κ3) is 1.24. The Labute approximate surface area is 62.9 Å². The molecular formula is C7H10O2S. The van der Waals surface area contributed by atoms with Crippen LogP contribution in [0.4, 0.5) is 0 Å². The largest absolute Gasteiger partial charge is 0.465 e. The lowest BCUT2D eigenvalue weighted by Gasteiger charge is -2.08. The van der Waals surface area contributed by atoms with Crippen molar-refractivity contribution in [2.75, 3.05) is 13.4 Å². The summed E-state index contributed by atoms with van der Waals surface area (Å²) in [4.78, 5) is 11.7. The first-order valence-electron chi connectivity index (χ1n) is 2.95. The smallest absolute Gasteiger partial charge is 0.342 e. The predicted molar refractivity (Wildman–Crippen MR) is 44.1 cm³/mol. The fourth-order valence-electron chi connectivity index (χ4n) is 0.778. The molecule has 0 spiro atoms. The molecule has 0 saturated carbocycles. The van der Waals surface area contributed by atoms with E-state index < -0.39 is 0 Å². The maximum atomic E-state index is 10.9. The number of carbonyl (C=O) groups is 1. The van der Waals surface area contributed by atoms with Gasteiger partial charge < -0.3 is 4.74 Å². The second-order valence-corrected chi connectivity index (χ2v) is 4.00. The summed E-state index contributed by atoms with van der Waals surface area (Å²) in [6.07, 6.45) is 5.75. The average Bonchev–Trinajstić information content (AvgIpc) is 2.34. The van der Waals surface area contributed by atoms with Gasteiger partial charge in [-0.1, -0.05) is 6.08 Å². The Balaban J connectivity index is 2.68. The Morgan fingerprint density at radius 2 is 2.40 bits per heavy atom. The molecule has 1 atom stereocenters. The first kappa shape index (κ1) is 7.41. The van der Waals surface area contributed by atoms with Crippen LogP contribution in [0.2, 0.25) is 0 Å². The van der Waals surface area contributed by atoms with Gasteiger partial charge in [-0.25, -0.2) is 15.7 Å². The molecule has 0 bridgehead atoms. The summed E-state index contributed by atoms with van der Waals surface area (Å²) >= 11 is 0. The first-order chi connectivity index (χ1) is 4.75. The van der Waals surface area contributed by atoms with Crippen molar-refractivity contribution in [2.24, 2.45) is 0 Å². The quantitative estimate of drug-likeness (QED) is 0.458. The first-order valence-corrected chi connectivity index (χ1v) is 4.81. The Hall–Kier alpha value is -0.700. The van der Waals surface area contributed by atoms with E-state index in [2.05, 4.69) is 4.74 Å². The number of ether oxygens (including phenoxy) is 1. The number of hydrogen-bond acceptors (Lipinski definition) is 2. The van der Waals surface area contributed by atoms with Gasteiger partial charge in [-0.3, -0.25) is 0 Å². The van der Waals surface area contributed by atoms with Crippen LogP contribution in [0.25, 0.3) is 0 Å². The van der Waals surface area contributed by atoms with E-state index in [0.717, 1.165) is 4.91 Å². The topological polar surface area (TPSA) is 26.3 Å². The van der Waals surface area contributed by atoms with Gasteiger partial charge in [0.25, 0.3) is 0 Å². The molecule has 1 rings (SSSR count). The molecule has 0 aliphatic carbocycles. The van der Waals surface area contributed by atoms with Gasteiger partial charge in [0.2, 0.25) is 0 Å². The van der Waals surface area contributed by atoms with Crippen molar-refractivity contribution in [3.8, 4) is 0 Å². The van der Waals surface area contributed by atoms with E-state index >= 15 is 0 Å². The molecule has 3 heteroatoms. The highest BCUT2D eigenvalue weighted by Crippen LogP contribution is 2.37. The number of esters is 1. The highest BCUT2D eigenvalue weighted by molar-refractivity contribution is 8.23. The van der Waals surface area contributed by atoms with Crippen molar-refractivity contribution >= 4 is 16.9 Å². The van der Waals surface area contributed by atoms with Crippen molar-refractivity contribution in [2.45, 2.75) is 0 Å². The molecule has 0 radical (unpaired) electrons. The molecule has 1 unspecified atom stereocenters. The van der Waals surface area contributed by atoms with Gasteiger partial charge in [0, 0.05) is 0 Å². The van der Waals surface area contributed by atoms with E-state index in [-0.39, 0.29) is 16.9 Å². The molecular weight excluding hydrogens is 148 g/mol. The van der Waals surface area contributed by atoms with E-state index in [1.54, 1.807) is 0 Å². The van der Waals surface area contributed by atoms with Gasteiger partial charge in [-0.2, -0.15) is 0 Å². The zero-order chi connectivity index (χ0) is 7.56. The Bertz CT molecular complexity index is 206. The van der Waals surface area contributed by atoms with Gasteiger partial charge in [0.15, 0.2) is 0 Å². The molecule has 0 aromatic heterocycles. The van der Waals surface area contributed by atoms with Gasteiger partial charge in [0.1, 0.15) is 0 Å². The lowest BCUT2D eigenvalue weighted by atomic mass is 10.5. The van der Waals surface area contributed by atoms with Crippen molar-refractivity contribution in [3.05, 3.63) is 22.5 Å². The molecule has 10 heavy (non-hydrogen) atoms. The van der Waals surface area contributed by atoms with Gasteiger partial charge >= 0.3 is 5.97 Å². The molecule has 0 N–H and O–H groups in total. The minimum atomic E-state index is -0.368. The molecule has 2 nitrogen and oxygen atoms in total. The summed E-state index contributed by atoms with van der Waals surface area (Å²) in [5, 5.41) is 2.03. The maximum Gasteiger partial charge on any atom is 0.342 e. The Morgan fingerprint density at radius 3 is 2.80 bits per heavy atom. The number of allylic oxidation sites excluding steroid dienone is 2. The second kappa shape index (κ2) is 2.92. The van der Waals surface area contributed by atoms with E-state index in [1.807, 2.05) is 23.8 Å². The Morgan fingerprint density at radius 1 is 1.70 bits per heavy atom. The molecule has 0 amide bonds. The highest BCUT2D eigenvalue weighted by Gasteiger charge is 2.14. The minimum Gasteiger partial charge on any atom is -0.465 e. The third-order valence-corrected chi connectivity index (χ3v) is 3.05. The normalized spacial score (nSPS) is 26.2. The van der Waals surface area contributed by atoms with Crippen LogP contribution in [0.3, 0.4) is 0 Å². The van der Waals surface area contributed by atoms with E-state index in [9.17, 15) is 4.79 Å². The van der Waals surface area contributed by atoms with Crippen molar-refractivity contribution in [1.82, 2.24) is 0 Å². The van der Waals surface area contributed by atoms with Crippen LogP contribution in [0.5, 0.6) is 0 Å². The average molecular weight is 158 g/mol. The minimum absolute atomic E-state index is 0.196. The summed E-state index contributed by atoms with van der Waals surface area (Å²) in [5.41, 5.74) is 0. The number of methoxy groups -OCH3 is 1. The van der Waals surface area contributed by atoms with Crippen molar-refractivity contribution in [3.63, 3.8) is 0 Å². The second-order valence-electron chi connectivity index (χ2n) is 2.00. The summed E-state index contributed by atoms with van der Waals surface area (Å²) in [6.45, 7) is 0. The summed E-state index contributed by atoms with van der Waals surface area (Å²) < 4.78 is 4.57. The lowest BCUT2D eigenvalue weighted by Crippen LogP contribution is -2.02. The number of carbonyl (C=O) groups excluding carboxylic acids is 1. The molecule has 0 saturated heterocycles. The zero-order valence-electron chi connectivity index (χ0n) is 6.00. The van der Waals surface area contributed by atoms with E-state index in [1.165, 1.54) is 7.11 Å². The molecule has 1 aliphatic rings. The van der Waals surface area contributed by atoms with Crippen LogP contribution in [-0.2, 0) is 9.53 Å². The maximum absolute atomic E-state index is 10.9. The molecule has 1 heterocycles. The van der Waals surface area contributed by atoms with Gasteiger partial charge in [-0.15, -0.1) is 0 Å². The number of thiol groups is 1. The molecule has 0 fully saturated rings. The van der Waals surface area contributed by atoms with E-state index in [0.29, 0.717) is 0 Å². The van der Waals surface area contributed by atoms with Crippen molar-refractivity contribution in [1.29, 1.82) is 0 Å². The summed E-state index contributed by atoms with van der Waals surface area (Å²) in [5.74, 6) is -0.196. The number of rotatable bonds is 1. The summed E-state index contributed by atoms with van der Waals surface area (Å²) in [7, 11) is 1.04. The summed E-state index contributed by atoms with van der Waals surface area (Å²) in [6, 6.07) is 0. The van der Waals surface area contributed by atoms with Crippen LogP contribution in [-0.4, -0.2) is 19.3 Å². The molecule has 0 aromatic rings. The standard InChI is InChI=1S/C7H10O2S/c1-9-7(8)6-4-3-5-10(6)2/h3-5,10H,1-2H3. The predicted octanol–water partition coefficient (Wildman–Crippen LogP) is 1.20. The van der Waals surface area contributed by atoms with E-state index in [4.69, 9.17) is 0 Å². The van der Waals surface area contributed by atoms with Gasteiger partial charge in [0.05, 0.1) is 12.0 Å². The molecule has 56 valence electrons. The van der Waals surface area contributed by atoms with Crippen LogP contribution < -0.4 is 0 Å². The monoisotopic (exact) mass is 158 g/mol.